The summed E-state index contributed by atoms with van der Waals surface area (Å²) in [6.07, 6.45) is 5.24. The van der Waals surface area contributed by atoms with Crippen LogP contribution in [0.5, 0.6) is 0 Å². The Bertz CT molecular complexity index is 584. The molecule has 0 aliphatic heterocycles. The minimum Gasteiger partial charge on any atom is -0.468 e. The van der Waals surface area contributed by atoms with Crippen LogP contribution in [-0.2, 0) is 0 Å². The number of carbonyl (C=O) groups is 1. The van der Waals surface area contributed by atoms with E-state index in [1.54, 1.807) is 24.6 Å². The van der Waals surface area contributed by atoms with Crippen LogP contribution in [0.2, 0.25) is 0 Å². The van der Waals surface area contributed by atoms with Crippen LogP contribution in [0.1, 0.15) is 22.2 Å². The molecule has 0 unspecified atom stereocenters. The summed E-state index contributed by atoms with van der Waals surface area (Å²) in [6, 6.07) is 7.31. The third-order valence-electron chi connectivity index (χ3n) is 3.16. The van der Waals surface area contributed by atoms with E-state index in [0.29, 0.717) is 12.1 Å². The lowest BCUT2D eigenvalue weighted by Crippen LogP contribution is -2.34. The van der Waals surface area contributed by atoms with Crippen LogP contribution < -0.4 is 5.32 Å². The van der Waals surface area contributed by atoms with Crippen molar-refractivity contribution in [3.63, 3.8) is 0 Å². The van der Waals surface area contributed by atoms with Gasteiger partial charge >= 0.3 is 0 Å². The second-order valence-electron chi connectivity index (χ2n) is 4.77. The van der Waals surface area contributed by atoms with Crippen LogP contribution >= 0.6 is 11.8 Å². The first-order chi connectivity index (χ1) is 10.1. The number of nitrogens with one attached hydrogen (secondary N) is 1. The lowest BCUT2D eigenvalue weighted by atomic mass is 10.2. The van der Waals surface area contributed by atoms with E-state index in [4.69, 9.17) is 4.42 Å². The van der Waals surface area contributed by atoms with E-state index in [0.717, 1.165) is 10.8 Å². The molecule has 2 heterocycles. The van der Waals surface area contributed by atoms with Gasteiger partial charge in [0.25, 0.3) is 5.91 Å². The first-order valence-corrected chi connectivity index (χ1v) is 7.83. The average Bonchev–Trinajstić information content (AvgIpc) is 3.01. The SMILES string of the molecule is CSc1ncccc1C(=O)NC[C@H](c1ccco1)N(C)C. The molecule has 0 aromatic carbocycles. The van der Waals surface area contributed by atoms with Gasteiger partial charge in [-0.15, -0.1) is 11.8 Å². The summed E-state index contributed by atoms with van der Waals surface area (Å²) in [7, 11) is 3.91. The van der Waals surface area contributed by atoms with Crippen molar-refractivity contribution in [3.05, 3.63) is 48.0 Å². The predicted molar refractivity (Wildman–Crippen MR) is 83.5 cm³/mol. The number of aromatic nitrogens is 1. The summed E-state index contributed by atoms with van der Waals surface area (Å²) in [5.41, 5.74) is 0.599. The molecule has 0 bridgehead atoms. The normalized spacial score (nSPS) is 12.4. The highest BCUT2D eigenvalue weighted by Gasteiger charge is 2.19. The van der Waals surface area contributed by atoms with E-state index >= 15 is 0 Å². The summed E-state index contributed by atoms with van der Waals surface area (Å²) >= 11 is 1.46. The van der Waals surface area contributed by atoms with Crippen molar-refractivity contribution >= 4 is 17.7 Å². The first kappa shape index (κ1) is 15.6. The van der Waals surface area contributed by atoms with E-state index in [1.807, 2.05) is 37.4 Å². The zero-order valence-corrected chi connectivity index (χ0v) is 13.2. The molecule has 1 atom stereocenters. The van der Waals surface area contributed by atoms with Gasteiger partial charge in [-0.05, 0) is 44.6 Å². The zero-order chi connectivity index (χ0) is 15.2. The van der Waals surface area contributed by atoms with E-state index in [9.17, 15) is 4.79 Å². The number of rotatable bonds is 6. The third kappa shape index (κ3) is 3.86. The molecule has 2 aromatic heterocycles. The topological polar surface area (TPSA) is 58.4 Å². The van der Waals surface area contributed by atoms with Gasteiger partial charge in [0.15, 0.2) is 0 Å². The van der Waals surface area contributed by atoms with Crippen molar-refractivity contribution in [2.45, 2.75) is 11.1 Å². The number of amides is 1. The fourth-order valence-electron chi connectivity index (χ4n) is 2.03. The predicted octanol–water partition coefficient (Wildman–Crippen LogP) is 2.43. The van der Waals surface area contributed by atoms with Gasteiger partial charge < -0.3 is 9.73 Å². The molecule has 1 N–H and O–H groups in total. The van der Waals surface area contributed by atoms with Gasteiger partial charge in [0, 0.05) is 12.7 Å². The van der Waals surface area contributed by atoms with Crippen molar-refractivity contribution in [2.24, 2.45) is 0 Å². The zero-order valence-electron chi connectivity index (χ0n) is 12.4. The molecule has 0 aliphatic carbocycles. The fraction of sp³-hybridized carbons (Fsp3) is 0.333. The van der Waals surface area contributed by atoms with Gasteiger partial charge in [0.2, 0.25) is 0 Å². The van der Waals surface area contributed by atoms with Gasteiger partial charge in [0.05, 0.1) is 17.9 Å². The summed E-state index contributed by atoms with van der Waals surface area (Å²) in [4.78, 5) is 18.5. The maximum atomic E-state index is 12.3. The second-order valence-corrected chi connectivity index (χ2v) is 5.56. The minimum absolute atomic E-state index is 0.00153. The Labute approximate surface area is 128 Å². The van der Waals surface area contributed by atoms with Crippen LogP contribution in [-0.4, -0.2) is 42.7 Å². The van der Waals surface area contributed by atoms with Crippen LogP contribution in [0.25, 0.3) is 0 Å². The van der Waals surface area contributed by atoms with Gasteiger partial charge in [-0.25, -0.2) is 4.98 Å². The first-order valence-electron chi connectivity index (χ1n) is 6.60. The summed E-state index contributed by atoms with van der Waals surface area (Å²) in [5.74, 6) is 0.711. The number of carbonyl (C=O) groups excluding carboxylic acids is 1. The monoisotopic (exact) mass is 305 g/mol. The van der Waals surface area contributed by atoms with E-state index < -0.39 is 0 Å². The quantitative estimate of drug-likeness (QED) is 0.831. The van der Waals surface area contributed by atoms with Crippen molar-refractivity contribution in [1.82, 2.24) is 15.2 Å². The highest BCUT2D eigenvalue weighted by Crippen LogP contribution is 2.19. The third-order valence-corrected chi connectivity index (χ3v) is 3.87. The molecule has 2 aromatic rings. The molecule has 0 spiro atoms. The van der Waals surface area contributed by atoms with Crippen LogP contribution in [0.4, 0.5) is 0 Å². The molecule has 6 heteroatoms. The minimum atomic E-state index is -0.120. The Kier molecular flexibility index (Phi) is 5.41. The molecule has 1 amide bonds. The molecule has 0 saturated heterocycles. The van der Waals surface area contributed by atoms with E-state index in [2.05, 4.69) is 10.3 Å². The molecular weight excluding hydrogens is 286 g/mol. The molecule has 0 fully saturated rings. The Hall–Kier alpha value is -1.79. The summed E-state index contributed by atoms with van der Waals surface area (Å²) in [5, 5.41) is 3.68. The summed E-state index contributed by atoms with van der Waals surface area (Å²) < 4.78 is 5.43. The van der Waals surface area contributed by atoms with Crippen molar-refractivity contribution in [1.29, 1.82) is 0 Å². The van der Waals surface area contributed by atoms with E-state index in [1.165, 1.54) is 11.8 Å². The van der Waals surface area contributed by atoms with Crippen molar-refractivity contribution < 1.29 is 9.21 Å². The van der Waals surface area contributed by atoms with Crippen LogP contribution in [0.3, 0.4) is 0 Å². The van der Waals surface area contributed by atoms with Crippen LogP contribution in [0.15, 0.2) is 46.2 Å². The number of furan rings is 1. The number of hydrogen-bond acceptors (Lipinski definition) is 5. The highest BCUT2D eigenvalue weighted by molar-refractivity contribution is 7.98. The van der Waals surface area contributed by atoms with Crippen molar-refractivity contribution in [3.8, 4) is 0 Å². The number of thioether (sulfide) groups is 1. The molecule has 0 radical (unpaired) electrons. The fourth-order valence-corrected chi connectivity index (χ4v) is 2.58. The maximum Gasteiger partial charge on any atom is 0.254 e. The van der Waals surface area contributed by atoms with E-state index in [-0.39, 0.29) is 11.9 Å². The standard InChI is InChI=1S/C15H19N3O2S/c1-18(2)12(13-7-5-9-20-13)10-17-14(19)11-6-4-8-16-15(11)21-3/h4-9,12H,10H2,1-3H3,(H,17,19)/t12-/m1/s1. The van der Waals surface area contributed by atoms with Gasteiger partial charge in [-0.1, -0.05) is 0 Å². The average molecular weight is 305 g/mol. The largest absolute Gasteiger partial charge is 0.468 e. The lowest BCUT2D eigenvalue weighted by molar-refractivity contribution is 0.0935. The van der Waals surface area contributed by atoms with Gasteiger partial charge in [0.1, 0.15) is 10.8 Å². The molecule has 21 heavy (non-hydrogen) atoms. The molecule has 5 nitrogen and oxygen atoms in total. The molecule has 0 aliphatic rings. The van der Waals surface area contributed by atoms with Gasteiger partial charge in [-0.2, -0.15) is 0 Å². The number of pyridine rings is 1. The Morgan fingerprint density at radius 2 is 2.24 bits per heavy atom. The van der Waals surface area contributed by atoms with Crippen LogP contribution in [0, 0.1) is 0 Å². The molecule has 2 rings (SSSR count). The number of nitrogens with zero attached hydrogens (tertiary/aromatic N) is 2. The lowest BCUT2D eigenvalue weighted by Gasteiger charge is -2.22. The number of likely N-dealkylation sites (N-methyl/N-ethyl adjacent to an activating group) is 1. The van der Waals surface area contributed by atoms with Gasteiger partial charge in [-0.3, -0.25) is 9.69 Å². The number of hydrogen-bond donors (Lipinski definition) is 1. The summed E-state index contributed by atoms with van der Waals surface area (Å²) in [6.45, 7) is 0.474. The van der Waals surface area contributed by atoms with Crippen molar-refractivity contribution in [2.75, 3.05) is 26.9 Å². The molecular formula is C15H19N3O2S. The highest BCUT2D eigenvalue weighted by atomic mass is 32.2. The Morgan fingerprint density at radius 3 is 2.86 bits per heavy atom. The smallest absolute Gasteiger partial charge is 0.254 e. The second kappa shape index (κ2) is 7.28. The maximum absolute atomic E-state index is 12.3. The Balaban J connectivity index is 2.06. The molecule has 112 valence electrons. The Morgan fingerprint density at radius 1 is 1.43 bits per heavy atom. The molecule has 0 saturated carbocycles.